The van der Waals surface area contributed by atoms with Gasteiger partial charge in [-0.05, 0) is 50.2 Å². The first kappa shape index (κ1) is 17.1. The van der Waals surface area contributed by atoms with E-state index < -0.39 is 0 Å². The van der Waals surface area contributed by atoms with Crippen LogP contribution in [0.1, 0.15) is 12.8 Å². The lowest BCUT2D eigenvalue weighted by Crippen LogP contribution is -2.20. The van der Waals surface area contributed by atoms with Gasteiger partial charge in [0.1, 0.15) is 17.4 Å². The van der Waals surface area contributed by atoms with Crippen molar-refractivity contribution in [1.82, 2.24) is 9.97 Å². The molecule has 0 spiro atoms. The molecule has 0 bridgehead atoms. The van der Waals surface area contributed by atoms with Crippen LogP contribution in [0.4, 0.5) is 10.2 Å². The van der Waals surface area contributed by atoms with Gasteiger partial charge in [0.05, 0.1) is 11.1 Å². The largest absolute Gasteiger partial charge is 0.507 e. The molecule has 3 aromatic rings. The molecule has 0 atom stereocenters. The van der Waals surface area contributed by atoms with Crippen molar-refractivity contribution >= 4 is 16.7 Å². The Hall–Kier alpha value is -2.73. The van der Waals surface area contributed by atoms with E-state index in [0.29, 0.717) is 22.3 Å². The number of para-hydroxylation sites is 1. The Kier molecular flexibility index (Phi) is 5.09. The molecule has 2 aromatic carbocycles. The summed E-state index contributed by atoms with van der Waals surface area (Å²) in [6.07, 6.45) is 2.21. The number of aromatic nitrogens is 2. The molecule has 0 saturated carbocycles. The third-order valence-corrected chi connectivity index (χ3v) is 4.19. The first-order valence-corrected chi connectivity index (χ1v) is 8.31. The number of hydrogen-bond donors (Lipinski definition) is 2. The van der Waals surface area contributed by atoms with Crippen LogP contribution in [0.15, 0.2) is 42.5 Å². The lowest BCUT2D eigenvalue weighted by molar-refractivity contribution is 0.477. The van der Waals surface area contributed by atoms with Crippen molar-refractivity contribution in [2.45, 2.75) is 12.8 Å². The Labute approximate surface area is 145 Å². The minimum Gasteiger partial charge on any atom is -0.507 e. The quantitative estimate of drug-likeness (QED) is 0.748. The molecular weight excluding hydrogens is 319 g/mol. The highest BCUT2D eigenvalue weighted by atomic mass is 19.1. The van der Waals surface area contributed by atoms with Gasteiger partial charge in [0.15, 0.2) is 5.82 Å². The summed E-state index contributed by atoms with van der Waals surface area (Å²) in [5.41, 5.74) is 5.76. The number of rotatable bonds is 2. The first-order chi connectivity index (χ1) is 12.2. The fourth-order valence-electron chi connectivity index (χ4n) is 3.04. The van der Waals surface area contributed by atoms with Gasteiger partial charge in [0.25, 0.3) is 0 Å². The zero-order chi connectivity index (χ0) is 17.8. The second-order valence-corrected chi connectivity index (χ2v) is 5.74. The Morgan fingerprint density at radius 1 is 1.04 bits per heavy atom. The Morgan fingerprint density at radius 2 is 1.76 bits per heavy atom. The minimum atomic E-state index is -0.295. The van der Waals surface area contributed by atoms with Crippen molar-refractivity contribution in [3.8, 4) is 17.1 Å². The summed E-state index contributed by atoms with van der Waals surface area (Å²) in [5.74, 6) is 1.05. The van der Waals surface area contributed by atoms with Crippen LogP contribution >= 0.6 is 0 Å². The topological polar surface area (TPSA) is 75.3 Å². The number of benzene rings is 2. The summed E-state index contributed by atoms with van der Waals surface area (Å²) in [7, 11) is 1.50. The number of halogens is 1. The van der Waals surface area contributed by atoms with E-state index in [4.69, 9.17) is 0 Å². The lowest BCUT2D eigenvalue weighted by Gasteiger charge is -2.19. The molecule has 5 nitrogen and oxygen atoms in total. The number of aromatic hydroxyl groups is 1. The lowest BCUT2D eigenvalue weighted by atomic mass is 10.1. The van der Waals surface area contributed by atoms with E-state index in [2.05, 4.69) is 20.6 Å². The van der Waals surface area contributed by atoms with E-state index in [1.54, 1.807) is 24.3 Å². The van der Waals surface area contributed by atoms with Gasteiger partial charge < -0.3 is 15.7 Å². The molecule has 25 heavy (non-hydrogen) atoms. The van der Waals surface area contributed by atoms with Crippen LogP contribution in [0.25, 0.3) is 22.3 Å². The summed E-state index contributed by atoms with van der Waals surface area (Å²) in [4.78, 5) is 11.3. The van der Waals surface area contributed by atoms with E-state index in [0.717, 1.165) is 31.7 Å². The van der Waals surface area contributed by atoms with Gasteiger partial charge in [-0.2, -0.15) is 0 Å². The molecule has 1 saturated heterocycles. The van der Waals surface area contributed by atoms with Crippen molar-refractivity contribution in [2.24, 2.45) is 5.73 Å². The highest BCUT2D eigenvalue weighted by molar-refractivity contribution is 5.91. The zero-order valence-corrected chi connectivity index (χ0v) is 14.1. The Morgan fingerprint density at radius 3 is 2.48 bits per heavy atom. The van der Waals surface area contributed by atoms with Crippen molar-refractivity contribution in [1.29, 1.82) is 0 Å². The molecule has 0 aliphatic carbocycles. The molecule has 0 radical (unpaired) electrons. The molecule has 0 unspecified atom stereocenters. The smallest absolute Gasteiger partial charge is 0.165 e. The number of nitrogens with two attached hydrogens (primary N) is 1. The second kappa shape index (κ2) is 7.44. The highest BCUT2D eigenvalue weighted by Gasteiger charge is 2.19. The molecule has 1 aliphatic heterocycles. The van der Waals surface area contributed by atoms with Crippen LogP contribution in [0.2, 0.25) is 0 Å². The monoisotopic (exact) mass is 340 g/mol. The summed E-state index contributed by atoms with van der Waals surface area (Å²) >= 11 is 0. The maximum absolute atomic E-state index is 13.7. The van der Waals surface area contributed by atoms with E-state index in [-0.39, 0.29) is 11.6 Å². The number of hydrogen-bond acceptors (Lipinski definition) is 5. The van der Waals surface area contributed by atoms with Gasteiger partial charge in [0, 0.05) is 18.5 Å². The van der Waals surface area contributed by atoms with Gasteiger partial charge in [-0.25, -0.2) is 14.4 Å². The third kappa shape index (κ3) is 3.39. The minimum absolute atomic E-state index is 0.140. The molecule has 3 N–H and O–H groups in total. The Balaban J connectivity index is 0.000000880. The van der Waals surface area contributed by atoms with Crippen LogP contribution in [-0.4, -0.2) is 35.2 Å². The number of phenolic OH excluding ortho intramolecular Hbond substituents is 1. The molecule has 1 aromatic heterocycles. The van der Waals surface area contributed by atoms with Crippen LogP contribution in [0, 0.1) is 5.82 Å². The van der Waals surface area contributed by atoms with Crippen molar-refractivity contribution in [3.63, 3.8) is 0 Å². The molecule has 0 amide bonds. The van der Waals surface area contributed by atoms with E-state index in [1.165, 1.54) is 19.2 Å². The third-order valence-electron chi connectivity index (χ3n) is 4.19. The fraction of sp³-hybridized carbons (Fsp3) is 0.263. The molecule has 2 heterocycles. The van der Waals surface area contributed by atoms with Gasteiger partial charge >= 0.3 is 0 Å². The van der Waals surface area contributed by atoms with Gasteiger partial charge in [-0.1, -0.05) is 12.1 Å². The van der Waals surface area contributed by atoms with Gasteiger partial charge in [-0.3, -0.25) is 0 Å². The number of phenols is 1. The molecular formula is C19H21FN4O. The molecule has 1 aliphatic rings. The molecule has 1 fully saturated rings. The predicted molar refractivity (Wildman–Crippen MR) is 98.2 cm³/mol. The van der Waals surface area contributed by atoms with Crippen LogP contribution < -0.4 is 10.6 Å². The average Bonchev–Trinajstić information content (AvgIpc) is 3.17. The van der Waals surface area contributed by atoms with Gasteiger partial charge in [-0.15, -0.1) is 0 Å². The van der Waals surface area contributed by atoms with Crippen molar-refractivity contribution < 1.29 is 9.50 Å². The number of anilines is 1. The van der Waals surface area contributed by atoms with Crippen LogP contribution in [0.5, 0.6) is 5.75 Å². The summed E-state index contributed by atoms with van der Waals surface area (Å²) in [5, 5.41) is 10.8. The zero-order valence-electron chi connectivity index (χ0n) is 14.1. The van der Waals surface area contributed by atoms with Gasteiger partial charge in [0.2, 0.25) is 0 Å². The van der Waals surface area contributed by atoms with E-state index in [9.17, 15) is 9.50 Å². The highest BCUT2D eigenvalue weighted by Crippen LogP contribution is 2.32. The predicted octanol–water partition coefficient (Wildman–Crippen LogP) is 3.32. The summed E-state index contributed by atoms with van der Waals surface area (Å²) < 4.78 is 13.7. The standard InChI is InChI=1S/C18H16FN3O.CH5N/c19-12-7-8-15-14(11-12)18(22-9-3-4-10-22)21-17(20-15)13-5-1-2-6-16(13)23;1-2/h1-2,5-8,11,23H,3-4,9-10H2;2H2,1H3. The maximum atomic E-state index is 13.7. The van der Waals surface area contributed by atoms with Crippen LogP contribution in [0.3, 0.4) is 0 Å². The summed E-state index contributed by atoms with van der Waals surface area (Å²) in [6, 6.07) is 11.5. The van der Waals surface area contributed by atoms with E-state index >= 15 is 0 Å². The Bertz CT molecular complexity index is 878. The average molecular weight is 340 g/mol. The molecule has 6 heteroatoms. The second-order valence-electron chi connectivity index (χ2n) is 5.74. The first-order valence-electron chi connectivity index (χ1n) is 8.31. The number of nitrogens with zero attached hydrogens (tertiary/aromatic N) is 3. The van der Waals surface area contributed by atoms with Crippen LogP contribution in [-0.2, 0) is 0 Å². The number of fused-ring (bicyclic) bond motifs is 1. The SMILES string of the molecule is CN.Oc1ccccc1-c1nc(N2CCCC2)c2cc(F)ccc2n1. The molecule has 4 rings (SSSR count). The van der Waals surface area contributed by atoms with Crippen molar-refractivity contribution in [2.75, 3.05) is 25.0 Å². The fourth-order valence-corrected chi connectivity index (χ4v) is 3.04. The normalized spacial score (nSPS) is 13.6. The maximum Gasteiger partial charge on any atom is 0.165 e. The summed E-state index contributed by atoms with van der Waals surface area (Å²) in [6.45, 7) is 1.81. The molecule has 130 valence electrons. The van der Waals surface area contributed by atoms with E-state index in [1.807, 2.05) is 6.07 Å². The van der Waals surface area contributed by atoms with Crippen molar-refractivity contribution in [3.05, 3.63) is 48.3 Å².